The quantitative estimate of drug-likeness (QED) is 0.361. The Labute approximate surface area is 72.3 Å². The van der Waals surface area contributed by atoms with Crippen LogP contribution in [0, 0.1) is 0 Å². The molecule has 0 saturated carbocycles. The van der Waals surface area contributed by atoms with Crippen molar-refractivity contribution in [2.24, 2.45) is 0 Å². The van der Waals surface area contributed by atoms with Crippen molar-refractivity contribution in [3.63, 3.8) is 0 Å². The van der Waals surface area contributed by atoms with Crippen molar-refractivity contribution in [1.29, 1.82) is 0 Å². The van der Waals surface area contributed by atoms with Gasteiger partial charge in [0.05, 0.1) is 12.9 Å². The molecule has 0 aromatic rings. The Balaban J connectivity index is 3.05. The number of hydrogen-bond acceptors (Lipinski definition) is 2. The van der Waals surface area contributed by atoms with Crippen molar-refractivity contribution in [3.05, 3.63) is 25.0 Å². The normalized spacial score (nSPS) is 10.0. The summed E-state index contributed by atoms with van der Waals surface area (Å²) in [4.78, 5) is 10.1. The largest absolute Gasteiger partial charge is 0.501 e. The second-order valence-corrected chi connectivity index (χ2v) is 2.29. The molecule has 0 radical (unpaired) electrons. The van der Waals surface area contributed by atoms with Gasteiger partial charge in [0.25, 0.3) is 0 Å². The average Bonchev–Trinajstić information content (AvgIpc) is 2.02. The molecule has 0 fully saturated rings. The van der Waals surface area contributed by atoms with Crippen molar-refractivity contribution in [1.82, 2.24) is 0 Å². The number of carboxylic acids is 1. The van der Waals surface area contributed by atoms with Crippen LogP contribution in [0.5, 0.6) is 0 Å². The molecule has 12 heavy (non-hydrogen) atoms. The predicted octanol–water partition coefficient (Wildman–Crippen LogP) is 1.96. The summed E-state index contributed by atoms with van der Waals surface area (Å²) >= 11 is 0. The van der Waals surface area contributed by atoms with E-state index in [1.54, 1.807) is 18.4 Å². The summed E-state index contributed by atoms with van der Waals surface area (Å²) in [6, 6.07) is 0. The average molecular weight is 170 g/mol. The SMILES string of the molecule is C=CC=COCCCCC(=O)O. The number of rotatable bonds is 7. The zero-order valence-corrected chi connectivity index (χ0v) is 7.03. The predicted molar refractivity (Wildman–Crippen MR) is 46.8 cm³/mol. The van der Waals surface area contributed by atoms with E-state index in [0.29, 0.717) is 13.0 Å². The Kier molecular flexibility index (Phi) is 7.03. The van der Waals surface area contributed by atoms with Gasteiger partial charge in [-0.05, 0) is 18.9 Å². The highest BCUT2D eigenvalue weighted by Gasteiger charge is 1.94. The van der Waals surface area contributed by atoms with Gasteiger partial charge in [-0.1, -0.05) is 12.7 Å². The summed E-state index contributed by atoms with van der Waals surface area (Å²) in [6.07, 6.45) is 6.52. The first-order valence-corrected chi connectivity index (χ1v) is 3.88. The van der Waals surface area contributed by atoms with E-state index in [4.69, 9.17) is 9.84 Å². The van der Waals surface area contributed by atoms with Gasteiger partial charge >= 0.3 is 5.97 Å². The summed E-state index contributed by atoms with van der Waals surface area (Å²) in [5, 5.41) is 8.29. The van der Waals surface area contributed by atoms with Crippen LogP contribution >= 0.6 is 0 Å². The molecule has 0 aliphatic rings. The van der Waals surface area contributed by atoms with Gasteiger partial charge in [0.1, 0.15) is 0 Å². The van der Waals surface area contributed by atoms with Crippen LogP contribution in [0.3, 0.4) is 0 Å². The first-order valence-electron chi connectivity index (χ1n) is 3.88. The summed E-state index contributed by atoms with van der Waals surface area (Å²) in [5.74, 6) is -0.753. The molecule has 0 aromatic heterocycles. The monoisotopic (exact) mass is 170 g/mol. The van der Waals surface area contributed by atoms with Gasteiger partial charge < -0.3 is 9.84 Å². The van der Waals surface area contributed by atoms with E-state index in [9.17, 15) is 4.79 Å². The third-order valence-corrected chi connectivity index (χ3v) is 1.21. The molecule has 0 amide bonds. The maximum absolute atomic E-state index is 10.1. The van der Waals surface area contributed by atoms with Gasteiger partial charge in [0.15, 0.2) is 0 Å². The van der Waals surface area contributed by atoms with Crippen LogP contribution in [0.2, 0.25) is 0 Å². The van der Waals surface area contributed by atoms with E-state index in [1.165, 1.54) is 0 Å². The lowest BCUT2D eigenvalue weighted by Gasteiger charge is -1.97. The minimum absolute atomic E-state index is 0.217. The fourth-order valence-electron chi connectivity index (χ4n) is 0.641. The Hall–Kier alpha value is -1.25. The fourth-order valence-corrected chi connectivity index (χ4v) is 0.641. The third kappa shape index (κ3) is 8.75. The summed E-state index contributed by atoms with van der Waals surface area (Å²) in [6.45, 7) is 4.04. The Bertz CT molecular complexity index is 161. The van der Waals surface area contributed by atoms with Gasteiger partial charge in [-0.15, -0.1) is 0 Å². The van der Waals surface area contributed by atoms with Gasteiger partial charge in [-0.2, -0.15) is 0 Å². The molecule has 0 aromatic carbocycles. The van der Waals surface area contributed by atoms with Crippen LogP contribution in [0.15, 0.2) is 25.0 Å². The highest BCUT2D eigenvalue weighted by atomic mass is 16.5. The standard InChI is InChI=1S/C9H14O3/c1-2-3-7-12-8-5-4-6-9(10)11/h2-3,7H,1,4-6,8H2,(H,10,11). The minimum atomic E-state index is -0.753. The molecule has 0 aliphatic carbocycles. The van der Waals surface area contributed by atoms with E-state index >= 15 is 0 Å². The van der Waals surface area contributed by atoms with Crippen LogP contribution in [0.4, 0.5) is 0 Å². The summed E-state index contributed by atoms with van der Waals surface area (Å²) in [7, 11) is 0. The van der Waals surface area contributed by atoms with Crippen LogP contribution in [-0.4, -0.2) is 17.7 Å². The lowest BCUT2D eigenvalue weighted by molar-refractivity contribution is -0.137. The van der Waals surface area contributed by atoms with Crippen LogP contribution in [0.25, 0.3) is 0 Å². The lowest BCUT2D eigenvalue weighted by atomic mass is 10.2. The number of carbonyl (C=O) groups is 1. The van der Waals surface area contributed by atoms with E-state index < -0.39 is 5.97 Å². The van der Waals surface area contributed by atoms with Crippen molar-refractivity contribution in [2.45, 2.75) is 19.3 Å². The Morgan fingerprint density at radius 3 is 2.83 bits per heavy atom. The lowest BCUT2D eigenvalue weighted by Crippen LogP contribution is -1.95. The molecule has 0 saturated heterocycles. The van der Waals surface area contributed by atoms with Crippen molar-refractivity contribution in [2.75, 3.05) is 6.61 Å². The maximum Gasteiger partial charge on any atom is 0.303 e. The zero-order valence-electron chi connectivity index (χ0n) is 7.03. The molecule has 3 heteroatoms. The Morgan fingerprint density at radius 1 is 1.50 bits per heavy atom. The van der Waals surface area contributed by atoms with E-state index in [0.717, 1.165) is 6.42 Å². The van der Waals surface area contributed by atoms with Crippen LogP contribution in [-0.2, 0) is 9.53 Å². The van der Waals surface area contributed by atoms with E-state index in [2.05, 4.69) is 6.58 Å². The molecular formula is C9H14O3. The second-order valence-electron chi connectivity index (χ2n) is 2.29. The van der Waals surface area contributed by atoms with Crippen molar-refractivity contribution >= 4 is 5.97 Å². The van der Waals surface area contributed by atoms with Gasteiger partial charge in [-0.25, -0.2) is 0 Å². The zero-order chi connectivity index (χ0) is 9.23. The topological polar surface area (TPSA) is 46.5 Å². The number of ether oxygens (including phenoxy) is 1. The Morgan fingerprint density at radius 2 is 2.25 bits per heavy atom. The smallest absolute Gasteiger partial charge is 0.303 e. The highest BCUT2D eigenvalue weighted by Crippen LogP contribution is 1.95. The van der Waals surface area contributed by atoms with Gasteiger partial charge in [-0.3, -0.25) is 4.79 Å². The molecule has 0 heterocycles. The third-order valence-electron chi connectivity index (χ3n) is 1.21. The number of aliphatic carboxylic acids is 1. The molecule has 0 unspecified atom stereocenters. The van der Waals surface area contributed by atoms with E-state index in [-0.39, 0.29) is 6.42 Å². The molecule has 3 nitrogen and oxygen atoms in total. The molecule has 0 rings (SSSR count). The number of hydrogen-bond donors (Lipinski definition) is 1. The first kappa shape index (κ1) is 10.8. The molecule has 0 atom stereocenters. The van der Waals surface area contributed by atoms with Gasteiger partial charge in [0.2, 0.25) is 0 Å². The maximum atomic E-state index is 10.1. The molecule has 1 N–H and O–H groups in total. The van der Waals surface area contributed by atoms with Crippen molar-refractivity contribution < 1.29 is 14.6 Å². The fraction of sp³-hybridized carbons (Fsp3) is 0.444. The number of allylic oxidation sites excluding steroid dienone is 2. The minimum Gasteiger partial charge on any atom is -0.501 e. The molecule has 0 aliphatic heterocycles. The highest BCUT2D eigenvalue weighted by molar-refractivity contribution is 5.66. The number of unbranched alkanes of at least 4 members (excludes halogenated alkanes) is 1. The summed E-state index contributed by atoms with van der Waals surface area (Å²) in [5.41, 5.74) is 0. The second kappa shape index (κ2) is 7.85. The van der Waals surface area contributed by atoms with Crippen molar-refractivity contribution in [3.8, 4) is 0 Å². The molecular weight excluding hydrogens is 156 g/mol. The summed E-state index contributed by atoms with van der Waals surface area (Å²) < 4.78 is 5.01. The number of carboxylic acid groups (broad SMARTS) is 1. The van der Waals surface area contributed by atoms with Crippen LogP contribution < -0.4 is 0 Å². The molecule has 68 valence electrons. The van der Waals surface area contributed by atoms with E-state index in [1.807, 2.05) is 0 Å². The molecule has 0 spiro atoms. The first-order chi connectivity index (χ1) is 5.77. The van der Waals surface area contributed by atoms with Gasteiger partial charge in [0, 0.05) is 6.42 Å². The van der Waals surface area contributed by atoms with Crippen LogP contribution in [0.1, 0.15) is 19.3 Å². The molecule has 0 bridgehead atoms.